The molecule has 1 saturated heterocycles. The molecule has 0 radical (unpaired) electrons. The monoisotopic (exact) mass is 458 g/mol. The van der Waals surface area contributed by atoms with Crippen LogP contribution in [-0.4, -0.2) is 50.0 Å². The second-order valence-corrected chi connectivity index (χ2v) is 9.17. The number of aromatic nitrogens is 3. The number of fused-ring (bicyclic) bond motifs is 1. The third-order valence-electron chi connectivity index (χ3n) is 6.27. The summed E-state index contributed by atoms with van der Waals surface area (Å²) in [6.45, 7) is 5.36. The van der Waals surface area contributed by atoms with Crippen molar-refractivity contribution < 1.29 is 9.84 Å². The predicted octanol–water partition coefficient (Wildman–Crippen LogP) is 4.30. The summed E-state index contributed by atoms with van der Waals surface area (Å²) in [5.74, 6) is 2.45. The Labute approximate surface area is 191 Å². The molecule has 6 nitrogen and oxygen atoms in total. The normalized spacial score (nSPS) is 23.3. The minimum absolute atomic E-state index is 0.102. The molecule has 2 aromatic carbocycles. The van der Waals surface area contributed by atoms with E-state index in [-0.39, 0.29) is 18.2 Å². The Morgan fingerprint density at radius 2 is 1.77 bits per heavy atom. The number of nitrogens with zero attached hydrogens (tertiary/aromatic N) is 4. The lowest BCUT2D eigenvalue weighted by molar-refractivity contribution is 0.0818. The summed E-state index contributed by atoms with van der Waals surface area (Å²) in [5, 5.41) is 19.6. The molecule has 3 aromatic rings. The molecule has 2 heterocycles. The van der Waals surface area contributed by atoms with E-state index in [9.17, 15) is 5.11 Å². The van der Waals surface area contributed by atoms with Gasteiger partial charge in [-0.1, -0.05) is 23.2 Å². The number of aliphatic hydroxyl groups excluding tert-OH is 1. The number of benzene rings is 2. The van der Waals surface area contributed by atoms with Crippen LogP contribution >= 0.6 is 23.2 Å². The lowest BCUT2D eigenvalue weighted by Gasteiger charge is -2.30. The second-order valence-electron chi connectivity index (χ2n) is 8.33. The van der Waals surface area contributed by atoms with Crippen LogP contribution in [0.5, 0.6) is 5.75 Å². The average Bonchev–Trinajstić information content (AvgIpc) is 3.41. The Kier molecular flexibility index (Phi) is 5.42. The predicted molar refractivity (Wildman–Crippen MR) is 120 cm³/mol. The largest absolute Gasteiger partial charge is 0.484 e. The van der Waals surface area contributed by atoms with E-state index < -0.39 is 0 Å². The first-order chi connectivity index (χ1) is 14.9. The van der Waals surface area contributed by atoms with Crippen LogP contribution in [-0.2, 0) is 6.42 Å². The van der Waals surface area contributed by atoms with Gasteiger partial charge in [-0.25, -0.2) is 0 Å². The zero-order valence-corrected chi connectivity index (χ0v) is 18.9. The molecular formula is C23H24Cl2N4O2. The third-order valence-corrected chi connectivity index (χ3v) is 6.83. The van der Waals surface area contributed by atoms with Crippen LogP contribution in [0.4, 0.5) is 0 Å². The molecule has 1 fully saturated rings. The van der Waals surface area contributed by atoms with Crippen LogP contribution in [0.3, 0.4) is 0 Å². The Morgan fingerprint density at radius 1 is 1.06 bits per heavy atom. The Hall–Kier alpha value is -2.12. The summed E-state index contributed by atoms with van der Waals surface area (Å²) in [5.41, 5.74) is 3.10. The number of halogens is 2. The first-order valence-electron chi connectivity index (χ1n) is 10.5. The number of rotatable bonds is 4. The molecule has 0 saturated carbocycles. The molecule has 0 bridgehead atoms. The van der Waals surface area contributed by atoms with Gasteiger partial charge in [0.2, 0.25) is 0 Å². The van der Waals surface area contributed by atoms with E-state index in [2.05, 4.69) is 15.1 Å². The molecule has 1 N–H and O–H groups in total. The zero-order chi connectivity index (χ0) is 21.7. The fourth-order valence-electron chi connectivity index (χ4n) is 4.81. The van der Waals surface area contributed by atoms with Crippen LogP contribution < -0.4 is 4.74 Å². The number of likely N-dealkylation sites (tertiary alicyclic amines) is 1. The van der Waals surface area contributed by atoms with Gasteiger partial charge in [-0.05, 0) is 68.7 Å². The summed E-state index contributed by atoms with van der Waals surface area (Å²) in [6.07, 6.45) is 1.05. The van der Waals surface area contributed by atoms with Gasteiger partial charge in [0.15, 0.2) is 0 Å². The molecule has 0 unspecified atom stereocenters. The van der Waals surface area contributed by atoms with Crippen LogP contribution in [0.1, 0.15) is 35.3 Å². The standard InChI is InChI=1S/C23H24Cl2N4O2/c1-13-26-27-14(2)29(13)16-3-5-18(6-4-16)31-23-20-9-15(24)10-21(25)19(20)11-22(23)28-8-7-17(30)12-28/h3-6,9-10,17,22-23,30H,7-8,11-12H2,1-2H3/t17-,22-,23-/m0/s1. The molecule has 5 rings (SSSR count). The topological polar surface area (TPSA) is 63.4 Å². The quantitative estimate of drug-likeness (QED) is 0.631. The van der Waals surface area contributed by atoms with Gasteiger partial charge in [-0.3, -0.25) is 9.47 Å². The van der Waals surface area contributed by atoms with Gasteiger partial charge in [0.1, 0.15) is 23.5 Å². The molecular weight excluding hydrogens is 435 g/mol. The first kappa shape index (κ1) is 20.8. The molecule has 162 valence electrons. The van der Waals surface area contributed by atoms with E-state index in [0.29, 0.717) is 16.6 Å². The Morgan fingerprint density at radius 3 is 2.42 bits per heavy atom. The van der Waals surface area contributed by atoms with E-state index in [1.807, 2.05) is 48.7 Å². The van der Waals surface area contributed by atoms with Gasteiger partial charge < -0.3 is 9.84 Å². The highest BCUT2D eigenvalue weighted by atomic mass is 35.5. The number of aliphatic hydroxyl groups is 1. The fourth-order valence-corrected chi connectivity index (χ4v) is 5.40. The van der Waals surface area contributed by atoms with Gasteiger partial charge >= 0.3 is 0 Å². The van der Waals surface area contributed by atoms with Crippen molar-refractivity contribution in [3.8, 4) is 11.4 Å². The first-order valence-corrected chi connectivity index (χ1v) is 11.2. The molecule has 2 aliphatic rings. The van der Waals surface area contributed by atoms with Crippen molar-refractivity contribution >= 4 is 23.2 Å². The molecule has 1 aromatic heterocycles. The Bertz CT molecular complexity index is 1100. The van der Waals surface area contributed by atoms with Crippen LogP contribution in [0.25, 0.3) is 5.69 Å². The molecule has 0 spiro atoms. The lowest BCUT2D eigenvalue weighted by Crippen LogP contribution is -2.39. The highest BCUT2D eigenvalue weighted by Crippen LogP contribution is 2.43. The molecule has 1 aliphatic carbocycles. The second kappa shape index (κ2) is 8.10. The summed E-state index contributed by atoms with van der Waals surface area (Å²) in [7, 11) is 0. The number of aryl methyl sites for hydroxylation is 2. The van der Waals surface area contributed by atoms with Crippen LogP contribution in [0.2, 0.25) is 10.0 Å². The molecule has 3 atom stereocenters. The third kappa shape index (κ3) is 3.82. The molecule has 1 aliphatic heterocycles. The van der Waals surface area contributed by atoms with E-state index in [4.69, 9.17) is 27.9 Å². The summed E-state index contributed by atoms with van der Waals surface area (Å²) in [6, 6.07) is 11.8. The summed E-state index contributed by atoms with van der Waals surface area (Å²) < 4.78 is 8.53. The number of ether oxygens (including phenoxy) is 1. The minimum atomic E-state index is -0.294. The van der Waals surface area contributed by atoms with Gasteiger partial charge in [-0.15, -0.1) is 10.2 Å². The van der Waals surface area contributed by atoms with Crippen molar-refractivity contribution in [2.75, 3.05) is 13.1 Å². The van der Waals surface area contributed by atoms with Gasteiger partial charge in [0, 0.05) is 34.4 Å². The molecule has 31 heavy (non-hydrogen) atoms. The van der Waals surface area contributed by atoms with E-state index in [1.165, 1.54) is 0 Å². The van der Waals surface area contributed by atoms with Crippen LogP contribution in [0, 0.1) is 13.8 Å². The lowest BCUT2D eigenvalue weighted by atomic mass is 10.1. The van der Waals surface area contributed by atoms with Gasteiger partial charge in [0.05, 0.1) is 12.1 Å². The van der Waals surface area contributed by atoms with Crippen molar-refractivity contribution in [2.45, 2.75) is 44.9 Å². The number of hydrogen-bond donors (Lipinski definition) is 1. The Balaban J connectivity index is 1.46. The minimum Gasteiger partial charge on any atom is -0.484 e. The van der Waals surface area contributed by atoms with Crippen molar-refractivity contribution in [1.29, 1.82) is 0 Å². The van der Waals surface area contributed by atoms with E-state index >= 15 is 0 Å². The average molecular weight is 459 g/mol. The van der Waals surface area contributed by atoms with E-state index in [0.717, 1.165) is 53.6 Å². The maximum absolute atomic E-state index is 10.1. The smallest absolute Gasteiger partial charge is 0.140 e. The fraction of sp³-hybridized carbons (Fsp3) is 0.391. The van der Waals surface area contributed by atoms with Crippen molar-refractivity contribution in [1.82, 2.24) is 19.7 Å². The highest BCUT2D eigenvalue weighted by molar-refractivity contribution is 6.35. The molecule has 8 heteroatoms. The zero-order valence-electron chi connectivity index (χ0n) is 17.4. The van der Waals surface area contributed by atoms with Crippen molar-refractivity contribution in [3.63, 3.8) is 0 Å². The maximum Gasteiger partial charge on any atom is 0.140 e. The van der Waals surface area contributed by atoms with Crippen molar-refractivity contribution in [3.05, 3.63) is 69.2 Å². The summed E-state index contributed by atoms with van der Waals surface area (Å²) >= 11 is 12.9. The summed E-state index contributed by atoms with van der Waals surface area (Å²) in [4.78, 5) is 2.30. The molecule has 0 amide bonds. The number of β-amino-alcohol motifs (C(OH)–C–C–N with tert-alkyl or cyclic N) is 1. The van der Waals surface area contributed by atoms with Crippen LogP contribution in [0.15, 0.2) is 36.4 Å². The van der Waals surface area contributed by atoms with Crippen molar-refractivity contribution in [2.24, 2.45) is 0 Å². The van der Waals surface area contributed by atoms with E-state index in [1.54, 1.807) is 6.07 Å². The van der Waals surface area contributed by atoms with Gasteiger partial charge in [-0.2, -0.15) is 0 Å². The SMILES string of the molecule is Cc1nnc(C)n1-c1ccc(O[C@H]2c3cc(Cl)cc(Cl)c3C[C@@H]2N2CC[C@H](O)C2)cc1. The highest BCUT2D eigenvalue weighted by Gasteiger charge is 2.41. The number of hydrogen-bond acceptors (Lipinski definition) is 5. The van der Waals surface area contributed by atoms with Gasteiger partial charge in [0.25, 0.3) is 0 Å². The maximum atomic E-state index is 10.1.